The van der Waals surface area contributed by atoms with Crippen molar-refractivity contribution in [2.24, 2.45) is 0 Å². The highest BCUT2D eigenvalue weighted by Crippen LogP contribution is 2.26. The van der Waals surface area contributed by atoms with Crippen molar-refractivity contribution in [1.82, 2.24) is 9.97 Å². The minimum atomic E-state index is -4.64. The number of rotatable bonds is 4. The van der Waals surface area contributed by atoms with Crippen LogP contribution < -0.4 is 21.5 Å². The highest BCUT2D eigenvalue weighted by atomic mass is 31.2. The summed E-state index contributed by atoms with van der Waals surface area (Å²) in [4.78, 5) is 41.2. The van der Waals surface area contributed by atoms with Crippen molar-refractivity contribution in [1.29, 1.82) is 0 Å². The molecule has 1 aromatic rings. The van der Waals surface area contributed by atoms with E-state index >= 15 is 0 Å². The molecule has 0 atom stereocenters. The van der Waals surface area contributed by atoms with Gasteiger partial charge in [-0.05, 0) is 0 Å². The van der Waals surface area contributed by atoms with Crippen LogP contribution in [0.4, 0.5) is 17.5 Å². The van der Waals surface area contributed by atoms with Gasteiger partial charge in [-0.2, -0.15) is 4.98 Å². The van der Waals surface area contributed by atoms with Crippen LogP contribution in [-0.4, -0.2) is 56.4 Å². The van der Waals surface area contributed by atoms with Crippen molar-refractivity contribution in [2.75, 3.05) is 42.6 Å². The number of nitrogens with zero attached hydrogens (tertiary/aromatic N) is 2. The van der Waals surface area contributed by atoms with Gasteiger partial charge >= 0.3 is 7.82 Å². The van der Waals surface area contributed by atoms with Crippen LogP contribution in [0, 0.1) is 0 Å². The number of aliphatic hydroxyl groups is 1. The third-order valence-electron chi connectivity index (χ3n) is 2.15. The van der Waals surface area contributed by atoms with Crippen molar-refractivity contribution in [3.63, 3.8) is 0 Å². The molecule has 0 aliphatic carbocycles. The number of nitrogen functional groups attached to an aromatic ring is 1. The Labute approximate surface area is 118 Å². The van der Waals surface area contributed by atoms with Crippen molar-refractivity contribution < 1.29 is 29.1 Å². The van der Waals surface area contributed by atoms with Gasteiger partial charge in [-0.3, -0.25) is 9.78 Å². The smallest absolute Gasteiger partial charge is 0.394 e. The van der Waals surface area contributed by atoms with Crippen LogP contribution in [0.1, 0.15) is 0 Å². The first-order chi connectivity index (χ1) is 9.72. The number of aliphatic hydroxyl groups excluding tert-OH is 1. The van der Waals surface area contributed by atoms with Crippen molar-refractivity contribution in [3.05, 3.63) is 10.4 Å². The normalized spacial score (nSPS) is 13.2. The molecule has 8 N–H and O–H groups in total. The minimum Gasteiger partial charge on any atom is -0.394 e. The second-order valence-electron chi connectivity index (χ2n) is 3.80. The summed E-state index contributed by atoms with van der Waals surface area (Å²) in [6, 6.07) is 0. The predicted molar refractivity (Wildman–Crippen MR) is 72.4 cm³/mol. The molecule has 0 saturated heterocycles. The third kappa shape index (κ3) is 6.08. The number of fused-ring (bicyclic) bond motifs is 1. The van der Waals surface area contributed by atoms with Crippen LogP contribution >= 0.6 is 7.82 Å². The first-order valence-corrected chi connectivity index (χ1v) is 7.14. The number of anilines is 3. The Hall–Kier alpha value is -1.69. The van der Waals surface area contributed by atoms with Crippen molar-refractivity contribution in [2.45, 2.75) is 0 Å². The summed E-state index contributed by atoms with van der Waals surface area (Å²) in [6.45, 7) is 0.875. The summed E-state index contributed by atoms with van der Waals surface area (Å²) in [5, 5.41) is 11.5. The fourth-order valence-corrected chi connectivity index (χ4v) is 1.46. The monoisotopic (exact) mass is 325 g/mol. The first kappa shape index (κ1) is 17.4. The van der Waals surface area contributed by atoms with Gasteiger partial charge in [-0.15, -0.1) is 0 Å². The summed E-state index contributed by atoms with van der Waals surface area (Å²) < 4.78 is 14.0. The van der Waals surface area contributed by atoms with E-state index in [1.54, 1.807) is 4.90 Å². The maximum atomic E-state index is 11.5. The van der Waals surface area contributed by atoms with E-state index in [2.05, 4.69) is 15.3 Å². The Balaban J connectivity index is 0.000000383. The van der Waals surface area contributed by atoms with E-state index in [1.807, 2.05) is 0 Å². The molecule has 120 valence electrons. The Morgan fingerprint density at radius 1 is 1.43 bits per heavy atom. The zero-order chi connectivity index (χ0) is 16.0. The van der Waals surface area contributed by atoms with E-state index in [9.17, 15) is 4.79 Å². The van der Waals surface area contributed by atoms with Gasteiger partial charge in [0.1, 0.15) is 12.4 Å². The van der Waals surface area contributed by atoms with Crippen LogP contribution in [0.5, 0.6) is 0 Å². The molecule has 0 saturated carbocycles. The highest BCUT2D eigenvalue weighted by molar-refractivity contribution is 7.45. The predicted octanol–water partition coefficient (Wildman–Crippen LogP) is -2.42. The quantitative estimate of drug-likeness (QED) is 0.230. The Bertz CT molecular complexity index is 564. The van der Waals surface area contributed by atoms with Crippen LogP contribution in [0.15, 0.2) is 4.79 Å². The zero-order valence-corrected chi connectivity index (χ0v) is 11.7. The molecule has 1 aliphatic heterocycles. The second kappa shape index (κ2) is 7.36. The van der Waals surface area contributed by atoms with E-state index in [1.165, 1.54) is 0 Å². The average molecular weight is 325 g/mol. The van der Waals surface area contributed by atoms with Gasteiger partial charge in [0.25, 0.3) is 5.56 Å². The largest absolute Gasteiger partial charge is 0.466 e. The van der Waals surface area contributed by atoms with E-state index in [0.717, 1.165) is 0 Å². The SMILES string of the molecule is Nc1nc2c(c(=O)[nH]1)NCN2COCCO.O=P(O)(O)O. The molecule has 0 aromatic carbocycles. The molecule has 0 fully saturated rings. The molecular weight excluding hydrogens is 309 g/mol. The van der Waals surface area contributed by atoms with Gasteiger partial charge in [0.15, 0.2) is 5.82 Å². The summed E-state index contributed by atoms with van der Waals surface area (Å²) >= 11 is 0. The molecular formula is C8H16N5O7P. The van der Waals surface area contributed by atoms with Crippen molar-refractivity contribution >= 4 is 25.3 Å². The standard InChI is InChI=1S/C8H13N5O3.H3O4P/c9-8-11-6-5(7(15)12-8)10-3-13(6)4-16-2-1-14;1-5(2,3)4/h10,14H,1-4H2,(H3,9,11,12,15);(H3,1,2,3,4). The van der Waals surface area contributed by atoms with E-state index in [0.29, 0.717) is 18.2 Å². The zero-order valence-electron chi connectivity index (χ0n) is 10.8. The molecule has 2 rings (SSSR count). The number of nitrogens with two attached hydrogens (primary N) is 1. The van der Waals surface area contributed by atoms with E-state index in [4.69, 9.17) is 34.8 Å². The van der Waals surface area contributed by atoms with Gasteiger partial charge in [0.05, 0.1) is 19.9 Å². The second-order valence-corrected chi connectivity index (χ2v) is 4.83. The minimum absolute atomic E-state index is 0.0426. The number of hydrogen-bond acceptors (Lipinski definition) is 8. The molecule has 0 radical (unpaired) electrons. The molecule has 1 aromatic heterocycles. The molecule has 1 aliphatic rings. The lowest BCUT2D eigenvalue weighted by atomic mass is 10.5. The Morgan fingerprint density at radius 3 is 2.62 bits per heavy atom. The molecule has 0 spiro atoms. The van der Waals surface area contributed by atoms with Crippen LogP contribution in [0.25, 0.3) is 0 Å². The first-order valence-electron chi connectivity index (χ1n) is 5.58. The fourth-order valence-electron chi connectivity index (χ4n) is 1.46. The molecule has 21 heavy (non-hydrogen) atoms. The van der Waals surface area contributed by atoms with Crippen LogP contribution in [-0.2, 0) is 9.30 Å². The Morgan fingerprint density at radius 2 is 2.05 bits per heavy atom. The molecule has 13 heteroatoms. The Kier molecular flexibility index (Phi) is 6.08. The molecule has 0 unspecified atom stereocenters. The lowest BCUT2D eigenvalue weighted by Crippen LogP contribution is -2.27. The summed E-state index contributed by atoms with van der Waals surface area (Å²) in [7, 11) is -4.64. The lowest BCUT2D eigenvalue weighted by Gasteiger charge is -2.16. The number of nitrogens with one attached hydrogen (secondary N) is 2. The third-order valence-corrected chi connectivity index (χ3v) is 2.15. The number of hydrogen-bond donors (Lipinski definition) is 7. The maximum absolute atomic E-state index is 11.5. The van der Waals surface area contributed by atoms with Gasteiger partial charge in [-0.25, -0.2) is 4.57 Å². The number of ether oxygens (including phenoxy) is 1. The number of aromatic nitrogens is 2. The van der Waals surface area contributed by atoms with Crippen molar-refractivity contribution in [3.8, 4) is 0 Å². The van der Waals surface area contributed by atoms with Gasteiger partial charge in [0, 0.05) is 0 Å². The highest BCUT2D eigenvalue weighted by Gasteiger charge is 2.23. The van der Waals surface area contributed by atoms with Gasteiger partial charge in [-0.1, -0.05) is 0 Å². The lowest BCUT2D eigenvalue weighted by molar-refractivity contribution is 0.0934. The fraction of sp³-hybridized carbons (Fsp3) is 0.500. The van der Waals surface area contributed by atoms with E-state index in [-0.39, 0.29) is 31.5 Å². The number of aromatic amines is 1. The number of H-pyrrole nitrogens is 1. The molecule has 0 bridgehead atoms. The maximum Gasteiger partial charge on any atom is 0.466 e. The van der Waals surface area contributed by atoms with Crippen LogP contribution in [0.3, 0.4) is 0 Å². The van der Waals surface area contributed by atoms with Gasteiger partial charge in [0.2, 0.25) is 5.95 Å². The summed E-state index contributed by atoms with van der Waals surface area (Å²) in [5.74, 6) is 0.541. The molecule has 0 amide bonds. The van der Waals surface area contributed by atoms with Gasteiger partial charge < -0.3 is 40.5 Å². The summed E-state index contributed by atoms with van der Waals surface area (Å²) in [6.07, 6.45) is 0. The average Bonchev–Trinajstić information content (AvgIpc) is 2.71. The molecule has 2 heterocycles. The topological polar surface area (TPSA) is 194 Å². The number of phosphoric acid groups is 1. The van der Waals surface area contributed by atoms with E-state index < -0.39 is 7.82 Å². The molecule has 12 nitrogen and oxygen atoms in total. The van der Waals surface area contributed by atoms with Crippen LogP contribution in [0.2, 0.25) is 0 Å². The summed E-state index contributed by atoms with van der Waals surface area (Å²) in [5.41, 5.74) is 5.54.